The van der Waals surface area contributed by atoms with E-state index in [-0.39, 0.29) is 5.91 Å². The summed E-state index contributed by atoms with van der Waals surface area (Å²) in [5.74, 6) is 0.0533. The molecule has 4 nitrogen and oxygen atoms in total. The number of amides is 1. The van der Waals surface area contributed by atoms with Crippen LogP contribution in [0.4, 0.5) is 5.69 Å². The van der Waals surface area contributed by atoms with Crippen molar-refractivity contribution in [2.45, 2.75) is 25.8 Å². The highest BCUT2D eigenvalue weighted by Gasteiger charge is 2.15. The van der Waals surface area contributed by atoms with Gasteiger partial charge in [0.15, 0.2) is 0 Å². The van der Waals surface area contributed by atoms with Crippen molar-refractivity contribution in [3.05, 3.63) is 53.9 Å². The van der Waals surface area contributed by atoms with Crippen molar-refractivity contribution in [1.29, 1.82) is 0 Å². The summed E-state index contributed by atoms with van der Waals surface area (Å²) in [6, 6.07) is 12.4. The van der Waals surface area contributed by atoms with E-state index in [9.17, 15) is 4.79 Å². The maximum atomic E-state index is 12.4. The first-order valence-corrected chi connectivity index (χ1v) is 8.36. The second-order valence-electron chi connectivity index (χ2n) is 6.38. The summed E-state index contributed by atoms with van der Waals surface area (Å²) >= 11 is 0. The highest BCUT2D eigenvalue weighted by atomic mass is 16.2. The number of carbonyl (C=O) groups excluding carboxylic acids is 1. The van der Waals surface area contributed by atoms with Gasteiger partial charge in [-0.15, -0.1) is 0 Å². The van der Waals surface area contributed by atoms with Crippen LogP contribution in [-0.4, -0.2) is 35.5 Å². The third-order valence-electron chi connectivity index (χ3n) is 4.59. The first-order valence-electron chi connectivity index (χ1n) is 8.36. The number of aromatic nitrogens is 1. The van der Waals surface area contributed by atoms with E-state index in [1.807, 2.05) is 37.0 Å². The van der Waals surface area contributed by atoms with Gasteiger partial charge in [0.2, 0.25) is 0 Å². The lowest BCUT2D eigenvalue weighted by molar-refractivity contribution is 0.0775. The summed E-state index contributed by atoms with van der Waals surface area (Å²) in [6.07, 6.45) is 5.82. The molecule has 1 aliphatic heterocycles. The minimum atomic E-state index is 0.0533. The van der Waals surface area contributed by atoms with Crippen LogP contribution in [0.1, 0.15) is 35.3 Å². The number of benzene rings is 1. The van der Waals surface area contributed by atoms with Gasteiger partial charge in [-0.1, -0.05) is 12.1 Å². The highest BCUT2D eigenvalue weighted by molar-refractivity contribution is 5.92. The molecular weight excluding hydrogens is 286 g/mol. The summed E-state index contributed by atoms with van der Waals surface area (Å²) in [5.41, 5.74) is 3.18. The fourth-order valence-electron chi connectivity index (χ4n) is 3.19. The standard InChI is InChI=1S/C19H25N3O/c1-20-12-6-7-18(20)19(23)21(2)15-16-8-10-17(11-9-16)22-13-4-3-5-14-22/h6-12H,3-5,13-15H2,1-2H3. The molecule has 0 radical (unpaired) electrons. The molecule has 1 aliphatic rings. The molecule has 122 valence electrons. The number of nitrogens with zero attached hydrogens (tertiary/aromatic N) is 3. The molecule has 0 spiro atoms. The van der Waals surface area contributed by atoms with E-state index in [0.717, 1.165) is 24.3 Å². The molecule has 4 heteroatoms. The topological polar surface area (TPSA) is 28.5 Å². The fourth-order valence-corrected chi connectivity index (χ4v) is 3.19. The number of rotatable bonds is 4. The number of carbonyl (C=O) groups is 1. The molecule has 0 aliphatic carbocycles. The first kappa shape index (κ1) is 15.7. The van der Waals surface area contributed by atoms with Crippen molar-refractivity contribution < 1.29 is 4.79 Å². The van der Waals surface area contributed by atoms with Crippen molar-refractivity contribution in [2.75, 3.05) is 25.0 Å². The Labute approximate surface area is 138 Å². The SMILES string of the molecule is CN(Cc1ccc(N2CCCCC2)cc1)C(=O)c1cccn1C. The summed E-state index contributed by atoms with van der Waals surface area (Å²) < 4.78 is 1.86. The van der Waals surface area contributed by atoms with Crippen molar-refractivity contribution in [1.82, 2.24) is 9.47 Å². The molecule has 1 aromatic heterocycles. The molecule has 2 heterocycles. The smallest absolute Gasteiger partial charge is 0.270 e. The van der Waals surface area contributed by atoms with Crippen LogP contribution in [0, 0.1) is 0 Å². The van der Waals surface area contributed by atoms with Crippen LogP contribution < -0.4 is 4.90 Å². The van der Waals surface area contributed by atoms with Gasteiger partial charge in [0.25, 0.3) is 5.91 Å². The van der Waals surface area contributed by atoms with Crippen LogP contribution in [0.15, 0.2) is 42.6 Å². The second-order valence-corrected chi connectivity index (χ2v) is 6.38. The lowest BCUT2D eigenvalue weighted by Crippen LogP contribution is -2.29. The lowest BCUT2D eigenvalue weighted by Gasteiger charge is -2.29. The number of piperidine rings is 1. The van der Waals surface area contributed by atoms with E-state index in [2.05, 4.69) is 29.2 Å². The van der Waals surface area contributed by atoms with Gasteiger partial charge in [-0.3, -0.25) is 4.79 Å². The molecule has 0 atom stereocenters. The van der Waals surface area contributed by atoms with Gasteiger partial charge in [0.1, 0.15) is 5.69 Å². The summed E-state index contributed by atoms with van der Waals surface area (Å²) in [7, 11) is 3.75. The van der Waals surface area contributed by atoms with Crippen molar-refractivity contribution in [3.63, 3.8) is 0 Å². The third kappa shape index (κ3) is 3.58. The van der Waals surface area contributed by atoms with Gasteiger partial charge in [0, 0.05) is 45.6 Å². The maximum Gasteiger partial charge on any atom is 0.270 e. The Hall–Kier alpha value is -2.23. The lowest BCUT2D eigenvalue weighted by atomic mass is 10.1. The van der Waals surface area contributed by atoms with E-state index < -0.39 is 0 Å². The maximum absolute atomic E-state index is 12.4. The number of aryl methyl sites for hydroxylation is 1. The Morgan fingerprint density at radius 3 is 2.39 bits per heavy atom. The minimum absolute atomic E-state index is 0.0533. The van der Waals surface area contributed by atoms with Gasteiger partial charge in [-0.05, 0) is 49.1 Å². The zero-order valence-corrected chi connectivity index (χ0v) is 14.0. The number of anilines is 1. The van der Waals surface area contributed by atoms with Gasteiger partial charge in [-0.2, -0.15) is 0 Å². The monoisotopic (exact) mass is 311 g/mol. The average Bonchev–Trinajstić information content (AvgIpc) is 3.01. The zero-order chi connectivity index (χ0) is 16.2. The van der Waals surface area contributed by atoms with Crippen LogP contribution in [0.5, 0.6) is 0 Å². The van der Waals surface area contributed by atoms with Crippen LogP contribution in [0.2, 0.25) is 0 Å². The Kier molecular flexibility index (Phi) is 4.70. The number of hydrogen-bond donors (Lipinski definition) is 0. The van der Waals surface area contributed by atoms with Crippen LogP contribution in [0.3, 0.4) is 0 Å². The molecule has 2 aromatic rings. The normalized spacial score (nSPS) is 14.8. The predicted octanol–water partition coefficient (Wildman–Crippen LogP) is 3.29. The summed E-state index contributed by atoms with van der Waals surface area (Å²) in [5, 5.41) is 0. The molecule has 1 amide bonds. The molecule has 0 N–H and O–H groups in total. The van der Waals surface area contributed by atoms with Gasteiger partial charge >= 0.3 is 0 Å². The van der Waals surface area contributed by atoms with Crippen LogP contribution >= 0.6 is 0 Å². The van der Waals surface area contributed by atoms with Crippen molar-refractivity contribution in [3.8, 4) is 0 Å². The molecular formula is C19H25N3O. The highest BCUT2D eigenvalue weighted by Crippen LogP contribution is 2.20. The van der Waals surface area contributed by atoms with Gasteiger partial charge < -0.3 is 14.4 Å². The Morgan fingerprint density at radius 1 is 1.09 bits per heavy atom. The Morgan fingerprint density at radius 2 is 1.78 bits per heavy atom. The average molecular weight is 311 g/mol. The molecule has 23 heavy (non-hydrogen) atoms. The van der Waals surface area contributed by atoms with Gasteiger partial charge in [-0.25, -0.2) is 0 Å². The summed E-state index contributed by atoms with van der Waals surface area (Å²) in [6.45, 7) is 2.95. The van der Waals surface area contributed by atoms with Crippen molar-refractivity contribution >= 4 is 11.6 Å². The van der Waals surface area contributed by atoms with Crippen molar-refractivity contribution in [2.24, 2.45) is 7.05 Å². The largest absolute Gasteiger partial charge is 0.372 e. The van der Waals surface area contributed by atoms with E-state index >= 15 is 0 Å². The summed E-state index contributed by atoms with van der Waals surface area (Å²) in [4.78, 5) is 16.7. The Bertz CT molecular complexity index is 654. The molecule has 0 unspecified atom stereocenters. The molecule has 1 saturated heterocycles. The predicted molar refractivity (Wildman–Crippen MR) is 93.7 cm³/mol. The van der Waals surface area contributed by atoms with E-state index in [0.29, 0.717) is 6.54 Å². The molecule has 1 fully saturated rings. The van der Waals surface area contributed by atoms with E-state index in [1.54, 1.807) is 4.90 Å². The first-order chi connectivity index (χ1) is 11.1. The Balaban J connectivity index is 1.63. The molecule has 1 aromatic carbocycles. The quantitative estimate of drug-likeness (QED) is 0.867. The fraction of sp³-hybridized carbons (Fsp3) is 0.421. The van der Waals surface area contributed by atoms with Gasteiger partial charge in [0.05, 0.1) is 0 Å². The van der Waals surface area contributed by atoms with E-state index in [4.69, 9.17) is 0 Å². The molecule has 0 bridgehead atoms. The van der Waals surface area contributed by atoms with Crippen LogP contribution in [-0.2, 0) is 13.6 Å². The second kappa shape index (κ2) is 6.90. The minimum Gasteiger partial charge on any atom is -0.372 e. The van der Waals surface area contributed by atoms with E-state index in [1.165, 1.54) is 24.9 Å². The molecule has 3 rings (SSSR count). The number of hydrogen-bond acceptors (Lipinski definition) is 2. The van der Waals surface area contributed by atoms with Crippen LogP contribution in [0.25, 0.3) is 0 Å². The molecule has 0 saturated carbocycles. The zero-order valence-electron chi connectivity index (χ0n) is 14.0. The third-order valence-corrected chi connectivity index (χ3v) is 4.59.